The zero-order valence-corrected chi connectivity index (χ0v) is 13.8. The van der Waals surface area contributed by atoms with Crippen LogP contribution in [0.25, 0.3) is 22.3 Å². The molecule has 0 atom stereocenters. The van der Waals surface area contributed by atoms with Gasteiger partial charge >= 0.3 is 0 Å². The van der Waals surface area contributed by atoms with Gasteiger partial charge in [-0.3, -0.25) is 9.59 Å². The molecule has 0 fully saturated rings. The van der Waals surface area contributed by atoms with Crippen LogP contribution >= 0.6 is 0 Å². The van der Waals surface area contributed by atoms with Gasteiger partial charge in [0.2, 0.25) is 11.8 Å². The molecule has 3 rings (SSSR count). The summed E-state index contributed by atoms with van der Waals surface area (Å²) in [5.41, 5.74) is 15.5. The molecule has 4 nitrogen and oxygen atoms in total. The number of hydrogen-bond acceptors (Lipinski definition) is 2. The molecule has 4 heteroatoms. The molecule has 0 saturated carbocycles. The van der Waals surface area contributed by atoms with Crippen molar-refractivity contribution in [2.45, 2.75) is 6.92 Å². The van der Waals surface area contributed by atoms with Crippen molar-refractivity contribution in [1.82, 2.24) is 0 Å². The highest BCUT2D eigenvalue weighted by molar-refractivity contribution is 6.09. The largest absolute Gasteiger partial charge is 0.366 e. The second kappa shape index (κ2) is 6.61. The number of nitrogens with two attached hydrogens (primary N) is 2. The molecule has 0 aliphatic rings. The second-order valence-corrected chi connectivity index (χ2v) is 5.81. The normalized spacial score (nSPS) is 10.4. The van der Waals surface area contributed by atoms with Gasteiger partial charge in [0, 0.05) is 11.1 Å². The summed E-state index contributed by atoms with van der Waals surface area (Å²) in [5.74, 6) is -1.17. The summed E-state index contributed by atoms with van der Waals surface area (Å²) in [4.78, 5) is 24.1. The number of carbonyl (C=O) groups excluding carboxylic acids is 2. The molecule has 0 bridgehead atoms. The van der Waals surface area contributed by atoms with Crippen LogP contribution in [0.4, 0.5) is 0 Å². The molecule has 25 heavy (non-hydrogen) atoms. The standard InChI is InChI=1S/C21H18N2O2/c1-13-16(20(22)24)12-17(14-8-4-2-5-9-14)19(18(13)21(23)25)15-10-6-3-7-11-15/h2-12H,1H3,(H2,22,24)(H2,23,25). The summed E-state index contributed by atoms with van der Waals surface area (Å²) >= 11 is 0. The Bertz CT molecular complexity index is 949. The van der Waals surface area contributed by atoms with Crippen molar-refractivity contribution in [2.75, 3.05) is 0 Å². The minimum Gasteiger partial charge on any atom is -0.366 e. The molecule has 3 aromatic carbocycles. The number of hydrogen-bond donors (Lipinski definition) is 2. The lowest BCUT2D eigenvalue weighted by molar-refractivity contribution is 0.0999. The average Bonchev–Trinajstić information content (AvgIpc) is 2.62. The highest BCUT2D eigenvalue weighted by atomic mass is 16.1. The van der Waals surface area contributed by atoms with Gasteiger partial charge in [0.15, 0.2) is 0 Å². The molecule has 0 aliphatic heterocycles. The first-order valence-corrected chi connectivity index (χ1v) is 7.88. The molecule has 2 amide bonds. The van der Waals surface area contributed by atoms with E-state index < -0.39 is 11.8 Å². The van der Waals surface area contributed by atoms with Crippen LogP contribution < -0.4 is 11.5 Å². The molecular weight excluding hydrogens is 312 g/mol. The van der Waals surface area contributed by atoms with Gasteiger partial charge < -0.3 is 11.5 Å². The van der Waals surface area contributed by atoms with Crippen LogP contribution in [0.1, 0.15) is 26.3 Å². The Morgan fingerprint density at radius 3 is 1.76 bits per heavy atom. The van der Waals surface area contributed by atoms with E-state index in [-0.39, 0.29) is 0 Å². The first-order valence-electron chi connectivity index (χ1n) is 7.88. The van der Waals surface area contributed by atoms with Gasteiger partial charge in [0.1, 0.15) is 0 Å². The summed E-state index contributed by atoms with van der Waals surface area (Å²) in [7, 11) is 0. The molecule has 0 aromatic heterocycles. The molecule has 0 spiro atoms. The van der Waals surface area contributed by atoms with Crippen molar-refractivity contribution in [2.24, 2.45) is 11.5 Å². The van der Waals surface area contributed by atoms with Gasteiger partial charge in [-0.1, -0.05) is 60.7 Å². The monoisotopic (exact) mass is 330 g/mol. The molecule has 3 aromatic rings. The van der Waals surface area contributed by atoms with Crippen molar-refractivity contribution < 1.29 is 9.59 Å². The van der Waals surface area contributed by atoms with Gasteiger partial charge in [0.25, 0.3) is 0 Å². The van der Waals surface area contributed by atoms with E-state index in [1.807, 2.05) is 60.7 Å². The van der Waals surface area contributed by atoms with Crippen LogP contribution in [0.2, 0.25) is 0 Å². The fourth-order valence-corrected chi connectivity index (χ4v) is 3.10. The minimum absolute atomic E-state index is 0.298. The van der Waals surface area contributed by atoms with Crippen LogP contribution in [-0.2, 0) is 0 Å². The smallest absolute Gasteiger partial charge is 0.249 e. The van der Waals surface area contributed by atoms with Crippen LogP contribution in [0.3, 0.4) is 0 Å². The lowest BCUT2D eigenvalue weighted by Crippen LogP contribution is -2.20. The highest BCUT2D eigenvalue weighted by Gasteiger charge is 2.23. The topological polar surface area (TPSA) is 86.2 Å². The van der Waals surface area contributed by atoms with Gasteiger partial charge in [0.05, 0.1) is 5.56 Å². The van der Waals surface area contributed by atoms with Crippen LogP contribution in [0, 0.1) is 6.92 Å². The van der Waals surface area contributed by atoms with E-state index in [0.29, 0.717) is 22.3 Å². The number of benzene rings is 3. The Hall–Kier alpha value is -3.40. The third-order valence-corrected chi connectivity index (χ3v) is 4.25. The second-order valence-electron chi connectivity index (χ2n) is 5.81. The average molecular weight is 330 g/mol. The van der Waals surface area contributed by atoms with Crippen molar-refractivity contribution in [3.8, 4) is 22.3 Å². The van der Waals surface area contributed by atoms with E-state index in [4.69, 9.17) is 11.5 Å². The van der Waals surface area contributed by atoms with Gasteiger partial charge in [-0.25, -0.2) is 0 Å². The van der Waals surface area contributed by atoms with Crippen molar-refractivity contribution in [3.05, 3.63) is 83.4 Å². The molecule has 0 unspecified atom stereocenters. The predicted molar refractivity (Wildman–Crippen MR) is 99.1 cm³/mol. The lowest BCUT2D eigenvalue weighted by Gasteiger charge is -2.18. The number of amides is 2. The number of primary amides is 2. The fourth-order valence-electron chi connectivity index (χ4n) is 3.10. The van der Waals surface area contributed by atoms with Gasteiger partial charge in [-0.15, -0.1) is 0 Å². The molecule has 0 radical (unpaired) electrons. The third-order valence-electron chi connectivity index (χ3n) is 4.25. The molecule has 4 N–H and O–H groups in total. The maximum Gasteiger partial charge on any atom is 0.249 e. The Kier molecular flexibility index (Phi) is 4.35. The maximum absolute atomic E-state index is 12.2. The van der Waals surface area contributed by atoms with Gasteiger partial charge in [-0.05, 0) is 35.2 Å². The van der Waals surface area contributed by atoms with E-state index in [2.05, 4.69) is 0 Å². The summed E-state index contributed by atoms with van der Waals surface area (Å²) in [6.45, 7) is 1.70. The zero-order valence-electron chi connectivity index (χ0n) is 13.8. The van der Waals surface area contributed by atoms with E-state index in [1.165, 1.54) is 0 Å². The molecule has 0 saturated heterocycles. The first-order chi connectivity index (χ1) is 12.0. The highest BCUT2D eigenvalue weighted by Crippen LogP contribution is 2.38. The SMILES string of the molecule is Cc1c(C(N)=O)cc(-c2ccccc2)c(-c2ccccc2)c1C(N)=O. The number of rotatable bonds is 4. The summed E-state index contributed by atoms with van der Waals surface area (Å²) < 4.78 is 0. The number of carbonyl (C=O) groups is 2. The van der Waals surface area contributed by atoms with Crippen molar-refractivity contribution in [3.63, 3.8) is 0 Å². The van der Waals surface area contributed by atoms with Crippen molar-refractivity contribution >= 4 is 11.8 Å². The first kappa shape index (κ1) is 16.5. The summed E-state index contributed by atoms with van der Waals surface area (Å²) in [5, 5.41) is 0. The quantitative estimate of drug-likeness (QED) is 0.766. The zero-order chi connectivity index (χ0) is 18.0. The molecule has 0 heterocycles. The molecule has 124 valence electrons. The van der Waals surface area contributed by atoms with Gasteiger partial charge in [-0.2, -0.15) is 0 Å². The van der Waals surface area contributed by atoms with Crippen LogP contribution in [0.5, 0.6) is 0 Å². The Labute approximate surface area is 146 Å². The lowest BCUT2D eigenvalue weighted by atomic mass is 9.85. The Morgan fingerprint density at radius 2 is 1.28 bits per heavy atom. The van der Waals surface area contributed by atoms with Crippen molar-refractivity contribution in [1.29, 1.82) is 0 Å². The fraction of sp³-hybridized carbons (Fsp3) is 0.0476. The Balaban J connectivity index is 2.47. The van der Waals surface area contributed by atoms with E-state index in [1.54, 1.807) is 13.0 Å². The van der Waals surface area contributed by atoms with Crippen LogP contribution in [-0.4, -0.2) is 11.8 Å². The summed E-state index contributed by atoms with van der Waals surface area (Å²) in [6, 6.07) is 20.8. The predicted octanol–water partition coefficient (Wildman–Crippen LogP) is 3.53. The Morgan fingerprint density at radius 1 is 0.760 bits per heavy atom. The minimum atomic E-state index is -0.586. The molecule has 0 aliphatic carbocycles. The molecular formula is C21H18N2O2. The third kappa shape index (κ3) is 3.02. The summed E-state index contributed by atoms with van der Waals surface area (Å²) in [6.07, 6.45) is 0. The van der Waals surface area contributed by atoms with E-state index in [9.17, 15) is 9.59 Å². The maximum atomic E-state index is 12.2. The van der Waals surface area contributed by atoms with E-state index in [0.717, 1.165) is 16.7 Å². The van der Waals surface area contributed by atoms with Crippen LogP contribution in [0.15, 0.2) is 66.7 Å². The van der Waals surface area contributed by atoms with E-state index >= 15 is 0 Å².